The molecule has 2 heterocycles. The molecule has 30 heavy (non-hydrogen) atoms. The number of hydrogen-bond acceptors (Lipinski definition) is 5. The van der Waals surface area contributed by atoms with E-state index in [4.69, 9.17) is 9.47 Å². The summed E-state index contributed by atoms with van der Waals surface area (Å²) in [5.41, 5.74) is 2.68. The topological polar surface area (TPSA) is 68.7 Å². The van der Waals surface area contributed by atoms with Crippen molar-refractivity contribution in [2.45, 2.75) is 45.4 Å². The summed E-state index contributed by atoms with van der Waals surface area (Å²) >= 11 is 0. The molecular weight excluding hydrogens is 380 g/mol. The number of piperidine rings is 1. The Kier molecular flexibility index (Phi) is 5.57. The van der Waals surface area contributed by atoms with Gasteiger partial charge in [-0.05, 0) is 44.2 Å². The Balaban J connectivity index is 1.55. The third kappa shape index (κ3) is 3.95. The number of esters is 1. The van der Waals surface area contributed by atoms with Crippen LogP contribution in [-0.2, 0) is 20.9 Å². The van der Waals surface area contributed by atoms with E-state index in [0.717, 1.165) is 17.7 Å². The molecule has 0 spiro atoms. The van der Waals surface area contributed by atoms with Gasteiger partial charge in [0.15, 0.2) is 0 Å². The molecule has 2 aliphatic rings. The lowest BCUT2D eigenvalue weighted by Gasteiger charge is -2.27. The predicted molar refractivity (Wildman–Crippen MR) is 112 cm³/mol. The maximum Gasteiger partial charge on any atom is 0.329 e. The van der Waals surface area contributed by atoms with Crippen molar-refractivity contribution in [1.82, 2.24) is 9.88 Å². The largest absolute Gasteiger partial charge is 0.494 e. The predicted octanol–water partition coefficient (Wildman–Crippen LogP) is 3.74. The molecule has 1 aromatic heterocycles. The second-order valence-electron chi connectivity index (χ2n) is 7.85. The van der Waals surface area contributed by atoms with Crippen molar-refractivity contribution >= 4 is 17.6 Å². The van der Waals surface area contributed by atoms with Gasteiger partial charge in [0.2, 0.25) is 0 Å². The Morgan fingerprint density at radius 1 is 1.17 bits per heavy atom. The minimum Gasteiger partial charge on any atom is -0.494 e. The van der Waals surface area contributed by atoms with Gasteiger partial charge in [0.05, 0.1) is 12.2 Å². The quantitative estimate of drug-likeness (QED) is 0.518. The lowest BCUT2D eigenvalue weighted by molar-refractivity contribution is -0.150. The molecule has 0 N–H and O–H groups in total. The van der Waals surface area contributed by atoms with Gasteiger partial charge in [-0.1, -0.05) is 36.9 Å². The molecule has 0 radical (unpaired) electrons. The number of likely N-dealkylation sites (tertiary alicyclic amines) is 1. The number of hydrogen-bond donors (Lipinski definition) is 0. The van der Waals surface area contributed by atoms with Crippen LogP contribution in [0.1, 0.15) is 46.9 Å². The van der Waals surface area contributed by atoms with Crippen LogP contribution in [0.2, 0.25) is 0 Å². The minimum atomic E-state index is -0.563. The summed E-state index contributed by atoms with van der Waals surface area (Å²) in [6, 6.07) is 10.8. The maximum atomic E-state index is 13.5. The molecule has 0 unspecified atom stereocenters. The number of carbonyl (C=O) groups is 2. The number of rotatable bonds is 7. The smallest absolute Gasteiger partial charge is 0.329 e. The molecule has 2 aromatic rings. The fourth-order valence-electron chi connectivity index (χ4n) is 4.13. The van der Waals surface area contributed by atoms with Crippen LogP contribution in [0.15, 0.2) is 49.2 Å². The molecule has 1 aromatic carbocycles. The number of benzene rings is 1. The highest BCUT2D eigenvalue weighted by molar-refractivity contribution is 6.01. The van der Waals surface area contributed by atoms with Gasteiger partial charge in [0, 0.05) is 23.5 Å². The second kappa shape index (κ2) is 8.30. The van der Waals surface area contributed by atoms with Crippen LogP contribution in [0.5, 0.6) is 0 Å². The molecule has 1 aliphatic carbocycles. The second-order valence-corrected chi connectivity index (χ2v) is 7.85. The van der Waals surface area contributed by atoms with Gasteiger partial charge in [-0.15, -0.1) is 0 Å². The van der Waals surface area contributed by atoms with Gasteiger partial charge in [0.25, 0.3) is 5.91 Å². The van der Waals surface area contributed by atoms with Gasteiger partial charge in [0.1, 0.15) is 18.4 Å². The van der Waals surface area contributed by atoms with Gasteiger partial charge in [-0.3, -0.25) is 9.78 Å². The number of carbonyl (C=O) groups excluding carboxylic acids is 2. The number of aryl methyl sites for hydroxylation is 1. The van der Waals surface area contributed by atoms with Crippen molar-refractivity contribution in [3.63, 3.8) is 0 Å². The lowest BCUT2D eigenvalue weighted by Crippen LogP contribution is -2.44. The van der Waals surface area contributed by atoms with Gasteiger partial charge in [-0.2, -0.15) is 0 Å². The van der Waals surface area contributed by atoms with Crippen molar-refractivity contribution in [1.29, 1.82) is 0 Å². The van der Waals surface area contributed by atoms with Crippen LogP contribution in [0, 0.1) is 12.8 Å². The van der Waals surface area contributed by atoms with Crippen molar-refractivity contribution < 1.29 is 19.1 Å². The Labute approximate surface area is 176 Å². The molecule has 1 saturated heterocycles. The molecule has 1 aliphatic heterocycles. The van der Waals surface area contributed by atoms with Gasteiger partial charge in [-0.25, -0.2) is 4.79 Å². The number of nitrogens with zero attached hydrogens (tertiary/aromatic N) is 2. The normalized spacial score (nSPS) is 21.7. The van der Waals surface area contributed by atoms with Crippen LogP contribution >= 0.6 is 0 Å². The zero-order valence-electron chi connectivity index (χ0n) is 17.3. The summed E-state index contributed by atoms with van der Waals surface area (Å²) in [6.45, 7) is 8.28. The minimum absolute atomic E-state index is 0.0912. The standard InChI is InChI=1S/C24H26N2O4/c1-4-29-16(3)20-13-25-15(2)10-19(20)23(27)26-21-11-18(21)12-22(26)24(28)30-14-17-8-6-5-7-9-17/h5-10,13,18,21-22H,3-4,11-12,14H2,1-2H3/t18-,21-,22-/m1/s1. The molecule has 0 bridgehead atoms. The Morgan fingerprint density at radius 2 is 1.93 bits per heavy atom. The number of fused-ring (bicyclic) bond motifs is 1. The van der Waals surface area contributed by atoms with Crippen molar-refractivity contribution in [3.8, 4) is 0 Å². The van der Waals surface area contributed by atoms with E-state index in [0.29, 0.717) is 35.8 Å². The average Bonchev–Trinajstić information content (AvgIpc) is 3.42. The highest BCUT2D eigenvalue weighted by Crippen LogP contribution is 2.49. The molecule has 2 fully saturated rings. The highest BCUT2D eigenvalue weighted by atomic mass is 16.5. The van der Waals surface area contributed by atoms with Crippen LogP contribution in [0.25, 0.3) is 5.76 Å². The number of aromatic nitrogens is 1. The van der Waals surface area contributed by atoms with Crippen LogP contribution < -0.4 is 0 Å². The maximum absolute atomic E-state index is 13.5. The zero-order valence-corrected chi connectivity index (χ0v) is 17.3. The summed E-state index contributed by atoms with van der Waals surface area (Å²) < 4.78 is 11.1. The summed E-state index contributed by atoms with van der Waals surface area (Å²) in [5.74, 6) is 0.228. The third-order valence-electron chi connectivity index (χ3n) is 5.72. The molecule has 1 amide bonds. The molecule has 156 valence electrons. The fraction of sp³-hybridized carbons (Fsp3) is 0.375. The number of ether oxygens (including phenoxy) is 2. The Hall–Kier alpha value is -3.15. The van der Waals surface area contributed by atoms with Crippen molar-refractivity contribution in [2.24, 2.45) is 5.92 Å². The first-order valence-corrected chi connectivity index (χ1v) is 10.3. The number of amides is 1. The van der Waals surface area contributed by atoms with E-state index in [9.17, 15) is 9.59 Å². The third-order valence-corrected chi connectivity index (χ3v) is 5.72. The number of pyridine rings is 1. The summed E-state index contributed by atoms with van der Waals surface area (Å²) in [4.78, 5) is 32.4. The van der Waals surface area contributed by atoms with E-state index >= 15 is 0 Å². The van der Waals surface area contributed by atoms with E-state index in [2.05, 4.69) is 11.6 Å². The summed E-state index contributed by atoms with van der Waals surface area (Å²) in [7, 11) is 0. The summed E-state index contributed by atoms with van der Waals surface area (Å²) in [6.07, 6.45) is 3.19. The molecular formula is C24H26N2O4. The zero-order chi connectivity index (χ0) is 21.3. The van der Waals surface area contributed by atoms with E-state index in [1.165, 1.54) is 0 Å². The Bertz CT molecular complexity index is 972. The average molecular weight is 406 g/mol. The van der Waals surface area contributed by atoms with Crippen LogP contribution in [-0.4, -0.2) is 40.5 Å². The van der Waals surface area contributed by atoms with Gasteiger partial charge >= 0.3 is 5.97 Å². The lowest BCUT2D eigenvalue weighted by atomic mass is 10.0. The first kappa shape index (κ1) is 20.1. The SMILES string of the molecule is C=C(OCC)c1cnc(C)cc1C(=O)N1[C@@H](C(=O)OCc2ccccc2)C[C@H]2C[C@H]21. The highest BCUT2D eigenvalue weighted by Gasteiger charge is 2.57. The molecule has 4 rings (SSSR count). The first-order valence-electron chi connectivity index (χ1n) is 10.3. The van der Waals surface area contributed by atoms with E-state index < -0.39 is 6.04 Å². The van der Waals surface area contributed by atoms with E-state index in [1.807, 2.05) is 44.2 Å². The molecule has 6 nitrogen and oxygen atoms in total. The monoisotopic (exact) mass is 406 g/mol. The molecule has 1 saturated carbocycles. The van der Waals surface area contributed by atoms with E-state index in [-0.39, 0.29) is 24.5 Å². The molecule has 3 atom stereocenters. The summed E-state index contributed by atoms with van der Waals surface area (Å²) in [5, 5.41) is 0. The van der Waals surface area contributed by atoms with E-state index in [1.54, 1.807) is 17.2 Å². The Morgan fingerprint density at radius 3 is 2.67 bits per heavy atom. The van der Waals surface area contributed by atoms with Crippen LogP contribution in [0.4, 0.5) is 0 Å². The van der Waals surface area contributed by atoms with Gasteiger partial charge < -0.3 is 14.4 Å². The van der Waals surface area contributed by atoms with Crippen molar-refractivity contribution in [2.75, 3.05) is 6.61 Å². The van der Waals surface area contributed by atoms with Crippen molar-refractivity contribution in [3.05, 3.63) is 71.6 Å². The molecule has 6 heteroatoms. The fourth-order valence-corrected chi connectivity index (χ4v) is 4.13. The first-order chi connectivity index (χ1) is 14.5. The van der Waals surface area contributed by atoms with Crippen LogP contribution in [0.3, 0.4) is 0 Å².